The molecular formula is C21H16ClN3O2. The molecule has 6 heteroatoms. The van der Waals surface area contributed by atoms with Crippen molar-refractivity contribution in [1.29, 1.82) is 0 Å². The minimum absolute atomic E-state index is 0.0582. The fraction of sp³-hybridized carbons (Fsp3) is 0.0476. The lowest BCUT2D eigenvalue weighted by Gasteiger charge is -2.08. The van der Waals surface area contributed by atoms with Crippen LogP contribution >= 0.6 is 11.6 Å². The van der Waals surface area contributed by atoms with Crippen molar-refractivity contribution >= 4 is 34.2 Å². The predicted octanol–water partition coefficient (Wildman–Crippen LogP) is 4.90. The Kier molecular flexibility index (Phi) is 4.77. The van der Waals surface area contributed by atoms with Gasteiger partial charge < -0.3 is 15.0 Å². The first-order chi connectivity index (χ1) is 13.2. The second-order valence-corrected chi connectivity index (χ2v) is 6.41. The zero-order chi connectivity index (χ0) is 18.6. The average molecular weight is 378 g/mol. The molecule has 134 valence electrons. The molecule has 0 fully saturated rings. The van der Waals surface area contributed by atoms with Crippen molar-refractivity contribution in [2.24, 2.45) is 0 Å². The van der Waals surface area contributed by atoms with Crippen LogP contribution in [0.2, 0.25) is 5.02 Å². The van der Waals surface area contributed by atoms with E-state index in [1.54, 1.807) is 0 Å². The van der Waals surface area contributed by atoms with E-state index in [4.69, 9.17) is 16.3 Å². The van der Waals surface area contributed by atoms with Crippen LogP contribution in [0.1, 0.15) is 0 Å². The summed E-state index contributed by atoms with van der Waals surface area (Å²) < 4.78 is 5.55. The number of aromatic nitrogens is 2. The fourth-order valence-electron chi connectivity index (χ4n) is 2.70. The van der Waals surface area contributed by atoms with Gasteiger partial charge in [0.05, 0.1) is 11.0 Å². The summed E-state index contributed by atoms with van der Waals surface area (Å²) in [4.78, 5) is 19.7. The number of amides is 1. The van der Waals surface area contributed by atoms with E-state index in [0.717, 1.165) is 28.1 Å². The van der Waals surface area contributed by atoms with Crippen molar-refractivity contribution in [2.45, 2.75) is 0 Å². The number of nitrogens with one attached hydrogen (secondary N) is 2. The smallest absolute Gasteiger partial charge is 0.262 e. The maximum absolute atomic E-state index is 11.9. The van der Waals surface area contributed by atoms with Gasteiger partial charge in [0.2, 0.25) is 0 Å². The minimum atomic E-state index is -0.209. The van der Waals surface area contributed by atoms with E-state index in [0.29, 0.717) is 10.8 Å². The Bertz CT molecular complexity index is 1080. The molecule has 0 unspecified atom stereocenters. The van der Waals surface area contributed by atoms with Gasteiger partial charge in [-0.15, -0.1) is 0 Å². The quantitative estimate of drug-likeness (QED) is 0.519. The SMILES string of the molecule is O=C(COc1ccc(-c2nc3ccc(Cl)cc3[nH]2)cc1)Nc1ccccc1. The van der Waals surface area contributed by atoms with Crippen molar-refractivity contribution in [3.63, 3.8) is 0 Å². The Morgan fingerprint density at radius 2 is 1.81 bits per heavy atom. The molecule has 0 aliphatic heterocycles. The molecule has 4 rings (SSSR count). The molecule has 0 aliphatic carbocycles. The van der Waals surface area contributed by atoms with Crippen molar-refractivity contribution in [2.75, 3.05) is 11.9 Å². The normalized spacial score (nSPS) is 10.7. The van der Waals surface area contributed by atoms with Crippen LogP contribution in [0.25, 0.3) is 22.4 Å². The van der Waals surface area contributed by atoms with Gasteiger partial charge in [-0.2, -0.15) is 0 Å². The molecule has 0 aliphatic rings. The number of hydrogen-bond donors (Lipinski definition) is 2. The Morgan fingerprint density at radius 3 is 2.59 bits per heavy atom. The molecule has 1 amide bonds. The molecule has 0 saturated carbocycles. The highest BCUT2D eigenvalue weighted by Gasteiger charge is 2.07. The van der Waals surface area contributed by atoms with Crippen LogP contribution in [0.15, 0.2) is 72.8 Å². The van der Waals surface area contributed by atoms with Crippen LogP contribution in [-0.2, 0) is 4.79 Å². The highest BCUT2D eigenvalue weighted by Crippen LogP contribution is 2.24. The molecule has 2 N–H and O–H groups in total. The van der Waals surface area contributed by atoms with Gasteiger partial charge in [0, 0.05) is 16.3 Å². The molecule has 4 aromatic rings. The summed E-state index contributed by atoms with van der Waals surface area (Å²) in [6.07, 6.45) is 0. The summed E-state index contributed by atoms with van der Waals surface area (Å²) in [5.74, 6) is 1.15. The number of benzene rings is 3. The molecular weight excluding hydrogens is 362 g/mol. The Balaban J connectivity index is 1.40. The van der Waals surface area contributed by atoms with Crippen LogP contribution in [-0.4, -0.2) is 22.5 Å². The number of nitrogens with zero attached hydrogens (tertiary/aromatic N) is 1. The van der Waals surface area contributed by atoms with Crippen molar-refractivity contribution < 1.29 is 9.53 Å². The van der Waals surface area contributed by atoms with Gasteiger partial charge in [0.25, 0.3) is 5.91 Å². The van der Waals surface area contributed by atoms with Gasteiger partial charge in [-0.3, -0.25) is 4.79 Å². The number of rotatable bonds is 5. The predicted molar refractivity (Wildman–Crippen MR) is 107 cm³/mol. The number of carbonyl (C=O) groups excluding carboxylic acids is 1. The third-order valence-electron chi connectivity index (χ3n) is 4.00. The third kappa shape index (κ3) is 4.10. The number of para-hydroxylation sites is 1. The van der Waals surface area contributed by atoms with Crippen molar-refractivity contribution in [1.82, 2.24) is 9.97 Å². The lowest BCUT2D eigenvalue weighted by atomic mass is 10.2. The first kappa shape index (κ1) is 17.1. The van der Waals surface area contributed by atoms with Gasteiger partial charge in [-0.1, -0.05) is 29.8 Å². The number of imidazole rings is 1. The number of halogens is 1. The van der Waals surface area contributed by atoms with E-state index >= 15 is 0 Å². The molecule has 0 atom stereocenters. The van der Waals surface area contributed by atoms with E-state index in [9.17, 15) is 4.79 Å². The zero-order valence-corrected chi connectivity index (χ0v) is 15.0. The molecule has 27 heavy (non-hydrogen) atoms. The maximum Gasteiger partial charge on any atom is 0.262 e. The molecule has 0 bridgehead atoms. The molecule has 0 radical (unpaired) electrons. The summed E-state index contributed by atoms with van der Waals surface area (Å²) in [6.45, 7) is -0.0582. The lowest BCUT2D eigenvalue weighted by Crippen LogP contribution is -2.20. The van der Waals surface area contributed by atoms with Gasteiger partial charge >= 0.3 is 0 Å². The minimum Gasteiger partial charge on any atom is -0.484 e. The van der Waals surface area contributed by atoms with Crippen LogP contribution < -0.4 is 10.1 Å². The summed E-state index contributed by atoms with van der Waals surface area (Å²) in [6, 6.07) is 22.2. The zero-order valence-electron chi connectivity index (χ0n) is 14.3. The van der Waals surface area contributed by atoms with Crippen molar-refractivity contribution in [3.05, 3.63) is 77.8 Å². The van der Waals surface area contributed by atoms with Crippen molar-refractivity contribution in [3.8, 4) is 17.1 Å². The number of fused-ring (bicyclic) bond motifs is 1. The molecule has 0 saturated heterocycles. The number of anilines is 1. The summed E-state index contributed by atoms with van der Waals surface area (Å²) >= 11 is 6.01. The van der Waals surface area contributed by atoms with Crippen LogP contribution in [0.4, 0.5) is 5.69 Å². The topological polar surface area (TPSA) is 67.0 Å². The standard InChI is InChI=1S/C21H16ClN3O2/c22-15-8-11-18-19(12-15)25-21(24-18)14-6-9-17(10-7-14)27-13-20(26)23-16-4-2-1-3-5-16/h1-12H,13H2,(H,23,26)(H,24,25). The largest absolute Gasteiger partial charge is 0.484 e. The van der Waals surface area contributed by atoms with Gasteiger partial charge in [0.1, 0.15) is 11.6 Å². The van der Waals surface area contributed by atoms with Gasteiger partial charge in [-0.25, -0.2) is 4.98 Å². The Morgan fingerprint density at radius 1 is 1.04 bits per heavy atom. The highest BCUT2D eigenvalue weighted by molar-refractivity contribution is 6.31. The summed E-state index contributed by atoms with van der Waals surface area (Å²) in [7, 11) is 0. The average Bonchev–Trinajstić information content (AvgIpc) is 3.11. The Hall–Kier alpha value is -3.31. The molecule has 3 aromatic carbocycles. The van der Waals surface area contributed by atoms with Crippen LogP contribution in [0.3, 0.4) is 0 Å². The second-order valence-electron chi connectivity index (χ2n) is 5.97. The Labute approximate surface area is 161 Å². The van der Waals surface area contributed by atoms with Crippen LogP contribution in [0.5, 0.6) is 5.75 Å². The van der Waals surface area contributed by atoms with E-state index in [2.05, 4.69) is 15.3 Å². The molecule has 5 nitrogen and oxygen atoms in total. The number of aromatic amines is 1. The molecule has 0 spiro atoms. The third-order valence-corrected chi connectivity index (χ3v) is 4.23. The fourth-order valence-corrected chi connectivity index (χ4v) is 2.87. The van der Waals surface area contributed by atoms with E-state index in [-0.39, 0.29) is 12.5 Å². The number of carbonyl (C=O) groups is 1. The van der Waals surface area contributed by atoms with E-state index in [1.165, 1.54) is 0 Å². The highest BCUT2D eigenvalue weighted by atomic mass is 35.5. The first-order valence-electron chi connectivity index (χ1n) is 8.41. The second kappa shape index (κ2) is 7.51. The van der Waals surface area contributed by atoms with Gasteiger partial charge in [0.15, 0.2) is 6.61 Å². The van der Waals surface area contributed by atoms with Crippen LogP contribution in [0, 0.1) is 0 Å². The molecule has 1 heterocycles. The lowest BCUT2D eigenvalue weighted by molar-refractivity contribution is -0.118. The first-order valence-corrected chi connectivity index (χ1v) is 8.78. The molecule has 1 aromatic heterocycles. The number of hydrogen-bond acceptors (Lipinski definition) is 3. The van der Waals surface area contributed by atoms with E-state index in [1.807, 2.05) is 72.8 Å². The number of H-pyrrole nitrogens is 1. The summed E-state index contributed by atoms with van der Waals surface area (Å²) in [5.41, 5.74) is 3.40. The monoisotopic (exact) mass is 377 g/mol. The van der Waals surface area contributed by atoms with E-state index < -0.39 is 0 Å². The number of ether oxygens (including phenoxy) is 1. The van der Waals surface area contributed by atoms with Gasteiger partial charge in [-0.05, 0) is 54.6 Å². The maximum atomic E-state index is 11.9. The summed E-state index contributed by atoms with van der Waals surface area (Å²) in [5, 5.41) is 3.44.